The Morgan fingerprint density at radius 3 is 2.53 bits per heavy atom. The van der Waals surface area contributed by atoms with E-state index in [0.717, 1.165) is 32.2 Å². The lowest BCUT2D eigenvalue weighted by Crippen LogP contribution is -2.62. The molecule has 1 aromatic heterocycles. The molecule has 17 heavy (non-hydrogen) atoms. The number of aryl methyl sites for hydroxylation is 2. The lowest BCUT2D eigenvalue weighted by molar-refractivity contribution is 0.147. The van der Waals surface area contributed by atoms with Crippen LogP contribution < -0.4 is 10.2 Å². The second-order valence-corrected chi connectivity index (χ2v) is 6.16. The summed E-state index contributed by atoms with van der Waals surface area (Å²) in [5.41, 5.74) is 1.19. The smallest absolute Gasteiger partial charge is 0.185 e. The molecule has 2 aliphatic rings. The molecule has 2 saturated heterocycles. The van der Waals surface area contributed by atoms with E-state index in [0.29, 0.717) is 0 Å². The van der Waals surface area contributed by atoms with Gasteiger partial charge in [-0.3, -0.25) is 4.90 Å². The molecule has 0 radical (unpaired) electrons. The van der Waals surface area contributed by atoms with E-state index < -0.39 is 0 Å². The SMILES string of the molecule is Cc1nc(N2CC(N3CCNCC3)C2)sc1C. The molecule has 0 aliphatic carbocycles. The van der Waals surface area contributed by atoms with Crippen molar-refractivity contribution < 1.29 is 0 Å². The maximum atomic E-state index is 4.63. The number of hydrogen-bond acceptors (Lipinski definition) is 5. The highest BCUT2D eigenvalue weighted by molar-refractivity contribution is 7.15. The number of aromatic nitrogens is 1. The number of nitrogens with zero attached hydrogens (tertiary/aromatic N) is 3. The minimum Gasteiger partial charge on any atom is -0.345 e. The first-order chi connectivity index (χ1) is 8.24. The van der Waals surface area contributed by atoms with Crippen molar-refractivity contribution in [2.75, 3.05) is 44.2 Å². The highest BCUT2D eigenvalue weighted by Crippen LogP contribution is 2.29. The first-order valence-electron chi connectivity index (χ1n) is 6.38. The molecule has 0 atom stereocenters. The van der Waals surface area contributed by atoms with Crippen LogP contribution in [0, 0.1) is 13.8 Å². The largest absolute Gasteiger partial charge is 0.345 e. The van der Waals surface area contributed by atoms with Crippen molar-refractivity contribution in [1.29, 1.82) is 0 Å². The lowest BCUT2D eigenvalue weighted by Gasteiger charge is -2.46. The molecule has 4 nitrogen and oxygen atoms in total. The quantitative estimate of drug-likeness (QED) is 0.846. The van der Waals surface area contributed by atoms with Gasteiger partial charge in [-0.15, -0.1) is 11.3 Å². The summed E-state index contributed by atoms with van der Waals surface area (Å²) in [6, 6.07) is 0.751. The summed E-state index contributed by atoms with van der Waals surface area (Å²) in [7, 11) is 0. The van der Waals surface area contributed by atoms with E-state index in [1.165, 1.54) is 28.8 Å². The van der Waals surface area contributed by atoms with Gasteiger partial charge in [0.15, 0.2) is 5.13 Å². The summed E-state index contributed by atoms with van der Waals surface area (Å²) in [6.07, 6.45) is 0. The van der Waals surface area contributed by atoms with E-state index in [-0.39, 0.29) is 0 Å². The third-order valence-corrected chi connectivity index (χ3v) is 4.95. The normalized spacial score (nSPS) is 22.8. The molecule has 0 saturated carbocycles. The van der Waals surface area contributed by atoms with Crippen LogP contribution in [-0.4, -0.2) is 55.2 Å². The molecule has 0 amide bonds. The van der Waals surface area contributed by atoms with E-state index in [1.54, 1.807) is 0 Å². The predicted octanol–water partition coefficient (Wildman–Crippen LogP) is 0.854. The second-order valence-electron chi connectivity index (χ2n) is 4.98. The molecule has 94 valence electrons. The Labute approximate surface area is 107 Å². The lowest BCUT2D eigenvalue weighted by atomic mass is 10.1. The highest BCUT2D eigenvalue weighted by atomic mass is 32.1. The first kappa shape index (κ1) is 11.4. The Balaban J connectivity index is 1.57. The standard InChI is InChI=1S/C12H20N4S/c1-9-10(2)17-12(14-9)16-7-11(8-16)15-5-3-13-4-6-15/h11,13H,3-8H2,1-2H3. The van der Waals surface area contributed by atoms with Gasteiger partial charge in [0.1, 0.15) is 0 Å². The molecule has 0 unspecified atom stereocenters. The molecule has 5 heteroatoms. The molecule has 2 aliphatic heterocycles. The van der Waals surface area contributed by atoms with Crippen LogP contribution in [0.15, 0.2) is 0 Å². The molecule has 2 fully saturated rings. The molecule has 1 N–H and O–H groups in total. The Morgan fingerprint density at radius 1 is 1.24 bits per heavy atom. The number of anilines is 1. The van der Waals surface area contributed by atoms with E-state index in [4.69, 9.17) is 0 Å². The number of hydrogen-bond donors (Lipinski definition) is 1. The van der Waals surface area contributed by atoms with Crippen molar-refractivity contribution in [2.24, 2.45) is 0 Å². The van der Waals surface area contributed by atoms with Crippen molar-refractivity contribution in [2.45, 2.75) is 19.9 Å². The van der Waals surface area contributed by atoms with Crippen LogP contribution in [0.2, 0.25) is 0 Å². The van der Waals surface area contributed by atoms with Gasteiger partial charge in [0, 0.05) is 50.2 Å². The van der Waals surface area contributed by atoms with Gasteiger partial charge in [0.2, 0.25) is 0 Å². The topological polar surface area (TPSA) is 31.4 Å². The molecule has 0 bridgehead atoms. The summed E-state index contributed by atoms with van der Waals surface area (Å²) >= 11 is 1.83. The summed E-state index contributed by atoms with van der Waals surface area (Å²) in [6.45, 7) is 11.3. The van der Waals surface area contributed by atoms with Gasteiger partial charge in [-0.1, -0.05) is 0 Å². The molecular formula is C12H20N4S. The van der Waals surface area contributed by atoms with Gasteiger partial charge in [-0.25, -0.2) is 4.98 Å². The fraction of sp³-hybridized carbons (Fsp3) is 0.750. The number of piperazine rings is 1. The van der Waals surface area contributed by atoms with Crippen LogP contribution in [0.25, 0.3) is 0 Å². The highest BCUT2D eigenvalue weighted by Gasteiger charge is 2.33. The van der Waals surface area contributed by atoms with Crippen LogP contribution in [0.4, 0.5) is 5.13 Å². The van der Waals surface area contributed by atoms with Gasteiger partial charge in [0.25, 0.3) is 0 Å². The van der Waals surface area contributed by atoms with Crippen molar-refractivity contribution in [3.8, 4) is 0 Å². The van der Waals surface area contributed by atoms with Crippen LogP contribution in [0.3, 0.4) is 0 Å². The summed E-state index contributed by atoms with van der Waals surface area (Å²) in [5.74, 6) is 0. The molecule has 1 aromatic rings. The molecular weight excluding hydrogens is 232 g/mol. The molecule has 0 aromatic carbocycles. The van der Waals surface area contributed by atoms with Crippen LogP contribution >= 0.6 is 11.3 Å². The monoisotopic (exact) mass is 252 g/mol. The van der Waals surface area contributed by atoms with E-state index in [9.17, 15) is 0 Å². The van der Waals surface area contributed by atoms with Gasteiger partial charge >= 0.3 is 0 Å². The van der Waals surface area contributed by atoms with Gasteiger partial charge in [0.05, 0.1) is 5.69 Å². The fourth-order valence-electron chi connectivity index (χ4n) is 2.48. The zero-order valence-electron chi connectivity index (χ0n) is 10.6. The molecule has 3 heterocycles. The average Bonchev–Trinajstić information content (AvgIpc) is 2.58. The van der Waals surface area contributed by atoms with Gasteiger partial charge in [-0.2, -0.15) is 0 Å². The van der Waals surface area contributed by atoms with Crippen LogP contribution in [-0.2, 0) is 0 Å². The minimum atomic E-state index is 0.751. The average molecular weight is 252 g/mol. The van der Waals surface area contributed by atoms with Crippen molar-refractivity contribution >= 4 is 16.5 Å². The number of thiazole rings is 1. The summed E-state index contributed by atoms with van der Waals surface area (Å²) < 4.78 is 0. The molecule has 3 rings (SSSR count). The first-order valence-corrected chi connectivity index (χ1v) is 7.19. The summed E-state index contributed by atoms with van der Waals surface area (Å²) in [5, 5.41) is 4.62. The van der Waals surface area contributed by atoms with Gasteiger partial charge in [-0.05, 0) is 13.8 Å². The van der Waals surface area contributed by atoms with Crippen LogP contribution in [0.1, 0.15) is 10.6 Å². The maximum absolute atomic E-state index is 4.63. The van der Waals surface area contributed by atoms with Crippen molar-refractivity contribution in [3.05, 3.63) is 10.6 Å². The second kappa shape index (κ2) is 4.55. The minimum absolute atomic E-state index is 0.751. The van der Waals surface area contributed by atoms with E-state index >= 15 is 0 Å². The Morgan fingerprint density at radius 2 is 1.94 bits per heavy atom. The third kappa shape index (κ3) is 2.19. The summed E-state index contributed by atoms with van der Waals surface area (Å²) in [4.78, 5) is 11.0. The Hall–Kier alpha value is -0.650. The maximum Gasteiger partial charge on any atom is 0.185 e. The predicted molar refractivity (Wildman–Crippen MR) is 72.0 cm³/mol. The molecule has 0 spiro atoms. The zero-order chi connectivity index (χ0) is 11.8. The fourth-order valence-corrected chi connectivity index (χ4v) is 3.41. The van der Waals surface area contributed by atoms with Crippen LogP contribution in [0.5, 0.6) is 0 Å². The zero-order valence-corrected chi connectivity index (χ0v) is 11.4. The number of rotatable bonds is 2. The Bertz CT molecular complexity index is 372. The van der Waals surface area contributed by atoms with E-state index in [1.807, 2.05) is 11.3 Å². The third-order valence-electron chi connectivity index (χ3n) is 3.82. The van der Waals surface area contributed by atoms with Gasteiger partial charge < -0.3 is 10.2 Å². The van der Waals surface area contributed by atoms with Crippen molar-refractivity contribution in [1.82, 2.24) is 15.2 Å². The number of nitrogens with one attached hydrogen (secondary N) is 1. The van der Waals surface area contributed by atoms with E-state index in [2.05, 4.69) is 33.9 Å². The Kier molecular flexibility index (Phi) is 3.06. The van der Waals surface area contributed by atoms with Crippen molar-refractivity contribution in [3.63, 3.8) is 0 Å².